The van der Waals surface area contributed by atoms with Gasteiger partial charge in [-0.25, -0.2) is 0 Å². The summed E-state index contributed by atoms with van der Waals surface area (Å²) >= 11 is 0. The molecule has 3 aliphatic rings. The Balaban J connectivity index is 1.41. The number of piperidine rings is 1. The number of benzene rings is 1. The molecule has 3 fully saturated rings. The summed E-state index contributed by atoms with van der Waals surface area (Å²) in [5.74, 6) is 0.252. The predicted octanol–water partition coefficient (Wildman–Crippen LogP) is 4.90. The van der Waals surface area contributed by atoms with E-state index in [4.69, 9.17) is 28.5 Å². The van der Waals surface area contributed by atoms with E-state index in [0.29, 0.717) is 26.4 Å². The van der Waals surface area contributed by atoms with Crippen LogP contribution < -0.4 is 4.74 Å². The number of hydrogen-bond donors (Lipinski definition) is 0. The number of methoxy groups -OCH3 is 1. The second kappa shape index (κ2) is 9.68. The summed E-state index contributed by atoms with van der Waals surface area (Å²) in [7, 11) is 1.74. The molecule has 34 heavy (non-hydrogen) atoms. The van der Waals surface area contributed by atoms with Crippen LogP contribution in [0.25, 0.3) is 0 Å². The molecular weight excluding hydrogens is 434 g/mol. The Morgan fingerprint density at radius 3 is 2.12 bits per heavy atom. The Kier molecular flexibility index (Phi) is 7.36. The van der Waals surface area contributed by atoms with Crippen molar-refractivity contribution in [3.8, 4) is 5.75 Å². The van der Waals surface area contributed by atoms with E-state index < -0.39 is 5.79 Å². The van der Waals surface area contributed by atoms with E-state index in [-0.39, 0.29) is 28.7 Å². The number of hydroxylamine groups is 2. The Hall–Kier alpha value is -1.22. The lowest BCUT2D eigenvalue weighted by Crippen LogP contribution is -2.68. The van der Waals surface area contributed by atoms with Crippen LogP contribution in [0.15, 0.2) is 24.3 Å². The molecule has 0 N–H and O–H groups in total. The minimum absolute atomic E-state index is 0.0714. The summed E-state index contributed by atoms with van der Waals surface area (Å²) in [6.07, 6.45) is 2.59. The summed E-state index contributed by atoms with van der Waals surface area (Å²) < 4.78 is 29.5. The predicted molar refractivity (Wildman–Crippen MR) is 130 cm³/mol. The fourth-order valence-electron chi connectivity index (χ4n) is 5.59. The van der Waals surface area contributed by atoms with E-state index >= 15 is 0 Å². The summed E-state index contributed by atoms with van der Waals surface area (Å²) in [6, 6.07) is 8.16. The number of hydrogen-bond acceptors (Lipinski definition) is 7. The minimum Gasteiger partial charge on any atom is -0.491 e. The van der Waals surface area contributed by atoms with Gasteiger partial charge in [0.25, 0.3) is 0 Å². The van der Waals surface area contributed by atoms with Gasteiger partial charge < -0.3 is 23.7 Å². The molecule has 1 aromatic rings. The zero-order valence-electron chi connectivity index (χ0n) is 22.0. The number of nitrogens with zero attached hydrogens (tertiary/aromatic N) is 1. The Labute approximate surface area is 204 Å². The van der Waals surface area contributed by atoms with Crippen molar-refractivity contribution in [2.75, 3.05) is 40.1 Å². The molecule has 7 heteroatoms. The number of ether oxygens (including phenoxy) is 5. The van der Waals surface area contributed by atoms with Gasteiger partial charge in [0.2, 0.25) is 0 Å². The zero-order valence-corrected chi connectivity index (χ0v) is 22.0. The first-order chi connectivity index (χ1) is 16.0. The molecule has 1 aromatic carbocycles. The molecule has 0 aromatic heterocycles. The van der Waals surface area contributed by atoms with Gasteiger partial charge in [0.15, 0.2) is 5.79 Å². The lowest BCUT2D eigenvalue weighted by atomic mass is 9.76. The normalized spacial score (nSPS) is 27.9. The minimum atomic E-state index is -0.604. The first-order valence-electron chi connectivity index (χ1n) is 12.6. The Bertz CT molecular complexity index is 791. The van der Waals surface area contributed by atoms with Crippen LogP contribution in [0.4, 0.5) is 0 Å². The van der Waals surface area contributed by atoms with Gasteiger partial charge in [0.05, 0.1) is 26.4 Å². The van der Waals surface area contributed by atoms with E-state index in [1.54, 1.807) is 7.11 Å². The van der Waals surface area contributed by atoms with E-state index in [1.807, 2.05) is 12.1 Å². The van der Waals surface area contributed by atoms with Gasteiger partial charge in [0, 0.05) is 36.4 Å². The van der Waals surface area contributed by atoms with Crippen LogP contribution in [-0.4, -0.2) is 68.2 Å². The fourth-order valence-corrected chi connectivity index (χ4v) is 5.59. The summed E-state index contributed by atoms with van der Waals surface area (Å²) in [5, 5.41) is 2.16. The third-order valence-electron chi connectivity index (χ3n) is 7.44. The van der Waals surface area contributed by atoms with E-state index in [0.717, 1.165) is 37.2 Å². The van der Waals surface area contributed by atoms with Crippen LogP contribution in [0.3, 0.4) is 0 Å². The van der Waals surface area contributed by atoms with Crippen molar-refractivity contribution in [3.63, 3.8) is 0 Å². The van der Waals surface area contributed by atoms with Gasteiger partial charge in [-0.15, -0.1) is 0 Å². The topological polar surface area (TPSA) is 61.9 Å². The first kappa shape index (κ1) is 25.9. The van der Waals surface area contributed by atoms with Crippen molar-refractivity contribution < 1.29 is 28.5 Å². The first-order valence-corrected chi connectivity index (χ1v) is 12.6. The molecule has 1 spiro atoms. The second-order valence-corrected chi connectivity index (χ2v) is 11.6. The highest BCUT2D eigenvalue weighted by Gasteiger charge is 2.57. The summed E-state index contributed by atoms with van der Waals surface area (Å²) in [5.41, 5.74) is 0.477. The molecule has 0 bridgehead atoms. The van der Waals surface area contributed by atoms with E-state index in [2.05, 4.69) is 58.7 Å². The standard InChI is InChI=1S/C27H43NO6/c1-8-26(17-29-7)18-32-27(33-19-26)15-24(3,4)28(25(5,6)16-27)34-20(2)21-9-11-22(12-10-21)30-13-23-14-31-23/h9-12,20,23H,8,13-19H2,1-7H3. The Morgan fingerprint density at radius 1 is 1.03 bits per heavy atom. The highest BCUT2D eigenvalue weighted by Crippen LogP contribution is 2.50. The van der Waals surface area contributed by atoms with E-state index in [9.17, 15) is 0 Å². The van der Waals surface area contributed by atoms with Gasteiger partial charge in [-0.2, -0.15) is 5.06 Å². The van der Waals surface area contributed by atoms with Crippen molar-refractivity contribution in [1.29, 1.82) is 0 Å². The third kappa shape index (κ3) is 5.61. The van der Waals surface area contributed by atoms with Crippen LogP contribution >= 0.6 is 0 Å². The van der Waals surface area contributed by atoms with Crippen LogP contribution in [0.5, 0.6) is 5.75 Å². The van der Waals surface area contributed by atoms with Gasteiger partial charge >= 0.3 is 0 Å². The molecule has 0 amide bonds. The molecular formula is C27H43NO6. The van der Waals surface area contributed by atoms with Crippen molar-refractivity contribution in [3.05, 3.63) is 29.8 Å². The van der Waals surface area contributed by atoms with Crippen molar-refractivity contribution in [1.82, 2.24) is 5.06 Å². The number of epoxide rings is 1. The Morgan fingerprint density at radius 2 is 1.62 bits per heavy atom. The molecule has 192 valence electrons. The average Bonchev–Trinajstić information content (AvgIpc) is 3.61. The lowest BCUT2D eigenvalue weighted by molar-refractivity contribution is -0.391. The SMILES string of the molecule is CCC1(COC)COC2(CC(C)(C)N(OC(C)c3ccc(OCC4CO4)cc3)C(C)(C)C2)OC1. The molecule has 3 saturated heterocycles. The molecule has 7 nitrogen and oxygen atoms in total. The third-order valence-corrected chi connectivity index (χ3v) is 7.44. The number of rotatable bonds is 9. The molecule has 0 saturated carbocycles. The molecule has 2 atom stereocenters. The molecule has 3 aliphatic heterocycles. The van der Waals surface area contributed by atoms with Crippen LogP contribution in [0.2, 0.25) is 0 Å². The maximum atomic E-state index is 6.63. The van der Waals surface area contributed by atoms with Crippen LogP contribution in [-0.2, 0) is 23.8 Å². The second-order valence-electron chi connectivity index (χ2n) is 11.6. The highest BCUT2D eigenvalue weighted by molar-refractivity contribution is 5.28. The summed E-state index contributed by atoms with van der Waals surface area (Å²) in [4.78, 5) is 6.63. The molecule has 3 heterocycles. The molecule has 0 radical (unpaired) electrons. The highest BCUT2D eigenvalue weighted by atomic mass is 16.7. The van der Waals surface area contributed by atoms with Gasteiger partial charge in [0.1, 0.15) is 24.6 Å². The maximum Gasteiger partial charge on any atom is 0.171 e. The fraction of sp³-hybridized carbons (Fsp3) is 0.778. The van der Waals surface area contributed by atoms with Crippen LogP contribution in [0.1, 0.15) is 72.5 Å². The largest absolute Gasteiger partial charge is 0.491 e. The van der Waals surface area contributed by atoms with Gasteiger partial charge in [-0.1, -0.05) is 19.1 Å². The molecule has 0 aliphatic carbocycles. The molecule has 4 rings (SSSR count). The van der Waals surface area contributed by atoms with Crippen LogP contribution in [0, 0.1) is 5.41 Å². The van der Waals surface area contributed by atoms with Gasteiger partial charge in [-0.3, -0.25) is 4.84 Å². The van der Waals surface area contributed by atoms with Crippen molar-refractivity contribution >= 4 is 0 Å². The van der Waals surface area contributed by atoms with Crippen molar-refractivity contribution in [2.45, 2.75) is 89.9 Å². The quantitative estimate of drug-likeness (QED) is 0.469. The molecule has 2 unspecified atom stereocenters. The monoisotopic (exact) mass is 477 g/mol. The smallest absolute Gasteiger partial charge is 0.171 e. The lowest BCUT2D eigenvalue weighted by Gasteiger charge is -2.60. The summed E-state index contributed by atoms with van der Waals surface area (Å²) in [6.45, 7) is 16.5. The maximum absolute atomic E-state index is 6.63. The van der Waals surface area contributed by atoms with Gasteiger partial charge in [-0.05, 0) is 58.7 Å². The zero-order chi connectivity index (χ0) is 24.6. The average molecular weight is 478 g/mol. The van der Waals surface area contributed by atoms with Crippen molar-refractivity contribution in [2.24, 2.45) is 5.41 Å². The van der Waals surface area contributed by atoms with E-state index in [1.165, 1.54) is 0 Å².